The van der Waals surface area contributed by atoms with E-state index in [2.05, 4.69) is 0 Å². The van der Waals surface area contributed by atoms with Crippen molar-refractivity contribution in [1.29, 1.82) is 0 Å². The van der Waals surface area contributed by atoms with Crippen LogP contribution in [0.15, 0.2) is 42.5 Å². The average Bonchev–Trinajstić information content (AvgIpc) is 2.94. The van der Waals surface area contributed by atoms with Gasteiger partial charge in [0.15, 0.2) is 0 Å². The summed E-state index contributed by atoms with van der Waals surface area (Å²) in [4.78, 5) is 27.1. The van der Waals surface area contributed by atoms with E-state index in [0.29, 0.717) is 22.7 Å². The van der Waals surface area contributed by atoms with E-state index >= 15 is 0 Å². The molecule has 1 unspecified atom stereocenters. The first-order valence-corrected chi connectivity index (χ1v) is 7.03. The van der Waals surface area contributed by atoms with Crippen LogP contribution < -0.4 is 14.4 Å². The second-order valence-electron chi connectivity index (χ2n) is 5.24. The van der Waals surface area contributed by atoms with Crippen LogP contribution in [0.25, 0.3) is 0 Å². The van der Waals surface area contributed by atoms with Crippen LogP contribution in [0.2, 0.25) is 0 Å². The third kappa shape index (κ3) is 1.61. The largest absolute Gasteiger partial charge is 0.497 e. The fourth-order valence-electron chi connectivity index (χ4n) is 3.01. The number of benzene rings is 2. The van der Waals surface area contributed by atoms with Gasteiger partial charge in [-0.2, -0.15) is 0 Å². The molecule has 6 nitrogen and oxygen atoms in total. The van der Waals surface area contributed by atoms with E-state index in [1.165, 1.54) is 19.1 Å². The molecule has 0 aliphatic carbocycles. The van der Waals surface area contributed by atoms with Gasteiger partial charge in [-0.05, 0) is 18.2 Å². The lowest BCUT2D eigenvalue weighted by molar-refractivity contribution is -0.112. The zero-order valence-electron chi connectivity index (χ0n) is 12.5. The maximum Gasteiger partial charge on any atom is 0.369 e. The van der Waals surface area contributed by atoms with E-state index in [-0.39, 0.29) is 11.5 Å². The minimum Gasteiger partial charge on any atom is -0.497 e. The molecule has 23 heavy (non-hydrogen) atoms. The topological polar surface area (TPSA) is 65.1 Å². The predicted octanol–water partition coefficient (Wildman–Crippen LogP) is 2.23. The maximum atomic E-state index is 12.9. The highest BCUT2D eigenvalue weighted by Gasteiger charge is 2.60. The summed E-state index contributed by atoms with van der Waals surface area (Å²) in [6.07, 6.45) is 0. The number of carbonyl (C=O) groups is 2. The van der Waals surface area contributed by atoms with Gasteiger partial charge in [0.05, 0.1) is 18.4 Å². The SMILES string of the molecule is COc1ccc2c(c1)N1C(=O)c3ccccc3C(=O)C1(OC)O2. The Morgan fingerprint density at radius 2 is 1.78 bits per heavy atom. The smallest absolute Gasteiger partial charge is 0.369 e. The summed E-state index contributed by atoms with van der Waals surface area (Å²) in [5, 5.41) is 0. The molecule has 0 N–H and O–H groups in total. The van der Waals surface area contributed by atoms with Crippen molar-refractivity contribution in [2.45, 2.75) is 5.91 Å². The lowest BCUT2D eigenvalue weighted by atomic mass is 9.95. The van der Waals surface area contributed by atoms with Gasteiger partial charge in [-0.1, -0.05) is 18.2 Å². The zero-order chi connectivity index (χ0) is 16.2. The van der Waals surface area contributed by atoms with Crippen LogP contribution in [-0.4, -0.2) is 31.8 Å². The van der Waals surface area contributed by atoms with Crippen molar-refractivity contribution in [2.24, 2.45) is 0 Å². The molecular weight excluding hydrogens is 298 g/mol. The highest BCUT2D eigenvalue weighted by atomic mass is 16.7. The molecule has 0 saturated carbocycles. The van der Waals surface area contributed by atoms with Crippen molar-refractivity contribution in [3.8, 4) is 11.5 Å². The van der Waals surface area contributed by atoms with E-state index in [1.807, 2.05) is 0 Å². The predicted molar refractivity (Wildman–Crippen MR) is 80.9 cm³/mol. The fourth-order valence-corrected chi connectivity index (χ4v) is 3.01. The quantitative estimate of drug-likeness (QED) is 0.851. The molecule has 0 spiro atoms. The van der Waals surface area contributed by atoms with Crippen LogP contribution >= 0.6 is 0 Å². The molecule has 116 valence electrons. The number of methoxy groups -OCH3 is 2. The summed E-state index contributed by atoms with van der Waals surface area (Å²) < 4.78 is 16.4. The van der Waals surface area contributed by atoms with E-state index in [1.54, 1.807) is 42.5 Å². The Hall–Kier alpha value is -2.86. The zero-order valence-corrected chi connectivity index (χ0v) is 12.5. The van der Waals surface area contributed by atoms with Gasteiger partial charge in [0.1, 0.15) is 11.5 Å². The first kappa shape index (κ1) is 13.8. The van der Waals surface area contributed by atoms with E-state index in [4.69, 9.17) is 14.2 Å². The Kier molecular flexibility index (Phi) is 2.74. The molecule has 0 fully saturated rings. The average molecular weight is 311 g/mol. The molecule has 0 radical (unpaired) electrons. The second-order valence-corrected chi connectivity index (χ2v) is 5.24. The van der Waals surface area contributed by atoms with Crippen LogP contribution in [-0.2, 0) is 4.74 Å². The number of Topliss-reactive ketones (excluding diaryl/α,β-unsaturated/α-hetero) is 1. The molecule has 4 rings (SSSR count). The number of nitrogens with zero attached hydrogens (tertiary/aromatic N) is 1. The Bertz CT molecular complexity index is 847. The van der Waals surface area contributed by atoms with Gasteiger partial charge in [-0.25, -0.2) is 4.90 Å². The minimum absolute atomic E-state index is 0.287. The number of ketones is 1. The van der Waals surface area contributed by atoms with Crippen molar-refractivity contribution in [3.63, 3.8) is 0 Å². The van der Waals surface area contributed by atoms with Crippen molar-refractivity contribution in [2.75, 3.05) is 19.1 Å². The van der Waals surface area contributed by atoms with Crippen LogP contribution in [0, 0.1) is 0 Å². The van der Waals surface area contributed by atoms with Crippen molar-refractivity contribution in [3.05, 3.63) is 53.6 Å². The molecule has 2 aromatic rings. The highest BCUT2D eigenvalue weighted by molar-refractivity contribution is 6.24. The summed E-state index contributed by atoms with van der Waals surface area (Å²) in [7, 11) is 2.87. The Balaban J connectivity index is 1.98. The number of fused-ring (bicyclic) bond motifs is 4. The number of ether oxygens (including phenoxy) is 3. The highest BCUT2D eigenvalue weighted by Crippen LogP contribution is 2.48. The molecule has 6 heteroatoms. The molecule has 1 amide bonds. The third-order valence-electron chi connectivity index (χ3n) is 4.12. The van der Waals surface area contributed by atoms with Gasteiger partial charge < -0.3 is 14.2 Å². The van der Waals surface area contributed by atoms with Gasteiger partial charge in [0.2, 0.25) is 0 Å². The summed E-state index contributed by atoms with van der Waals surface area (Å²) in [6, 6.07) is 11.6. The van der Waals surface area contributed by atoms with E-state index in [9.17, 15) is 9.59 Å². The molecule has 0 bridgehead atoms. The number of hydrogen-bond acceptors (Lipinski definition) is 5. The maximum absolute atomic E-state index is 12.9. The normalized spacial score (nSPS) is 21.4. The van der Waals surface area contributed by atoms with Gasteiger partial charge in [-0.3, -0.25) is 9.59 Å². The van der Waals surface area contributed by atoms with E-state index in [0.717, 1.165) is 0 Å². The lowest BCUT2D eigenvalue weighted by Gasteiger charge is -2.37. The van der Waals surface area contributed by atoms with Crippen LogP contribution in [0.5, 0.6) is 11.5 Å². The number of amides is 1. The number of anilines is 1. The lowest BCUT2D eigenvalue weighted by Crippen LogP contribution is -2.62. The summed E-state index contributed by atoms with van der Waals surface area (Å²) in [6.45, 7) is 0. The summed E-state index contributed by atoms with van der Waals surface area (Å²) in [5.74, 6) is -1.62. The second kappa shape index (κ2) is 4.57. The van der Waals surface area contributed by atoms with Gasteiger partial charge in [0, 0.05) is 18.7 Å². The number of hydrogen-bond donors (Lipinski definition) is 0. The first-order valence-electron chi connectivity index (χ1n) is 7.03. The van der Waals surface area contributed by atoms with Gasteiger partial charge in [-0.15, -0.1) is 0 Å². The fraction of sp³-hybridized carbons (Fsp3) is 0.176. The minimum atomic E-state index is -1.81. The Labute approximate surface area is 132 Å². The van der Waals surface area contributed by atoms with Crippen molar-refractivity contribution < 1.29 is 23.8 Å². The van der Waals surface area contributed by atoms with Crippen LogP contribution in [0.3, 0.4) is 0 Å². The van der Waals surface area contributed by atoms with Crippen molar-refractivity contribution >= 4 is 17.4 Å². The first-order chi connectivity index (χ1) is 11.1. The van der Waals surface area contributed by atoms with Gasteiger partial charge in [0.25, 0.3) is 11.7 Å². The van der Waals surface area contributed by atoms with Gasteiger partial charge >= 0.3 is 5.91 Å². The Morgan fingerprint density at radius 1 is 1.04 bits per heavy atom. The number of rotatable bonds is 2. The molecule has 2 aliphatic rings. The van der Waals surface area contributed by atoms with Crippen molar-refractivity contribution in [1.82, 2.24) is 0 Å². The third-order valence-corrected chi connectivity index (χ3v) is 4.12. The Morgan fingerprint density at radius 3 is 2.48 bits per heavy atom. The molecule has 2 aromatic carbocycles. The molecule has 2 heterocycles. The summed E-state index contributed by atoms with van der Waals surface area (Å²) >= 11 is 0. The number of carbonyl (C=O) groups excluding carboxylic acids is 2. The standard InChI is InChI=1S/C17H13NO5/c1-21-10-7-8-14-13(9-10)18-16(20)12-6-4-3-5-11(12)15(19)17(18,22-2)23-14/h3-9H,1-2H3. The molecule has 0 saturated heterocycles. The molecular formula is C17H13NO5. The monoisotopic (exact) mass is 311 g/mol. The summed E-state index contributed by atoms with van der Waals surface area (Å²) in [5.41, 5.74) is 1.05. The van der Waals surface area contributed by atoms with Crippen LogP contribution in [0.1, 0.15) is 20.7 Å². The molecule has 2 aliphatic heterocycles. The van der Waals surface area contributed by atoms with E-state index < -0.39 is 11.7 Å². The van der Waals surface area contributed by atoms with Crippen LogP contribution in [0.4, 0.5) is 5.69 Å². The molecule has 1 atom stereocenters. The molecule has 0 aromatic heterocycles.